The van der Waals surface area contributed by atoms with Crippen LogP contribution in [0.15, 0.2) is 24.0 Å². The van der Waals surface area contributed by atoms with Crippen molar-refractivity contribution < 1.29 is 19.2 Å². The van der Waals surface area contributed by atoms with Crippen LogP contribution < -0.4 is 5.32 Å². The molecular formula is C21H26Cl2N2O4. The summed E-state index contributed by atoms with van der Waals surface area (Å²) in [6.07, 6.45) is 1.11. The molecule has 1 amide bonds. The molecule has 8 heteroatoms. The minimum Gasteiger partial charge on any atom is -0.427 e. The van der Waals surface area contributed by atoms with Crippen LogP contribution in [0.5, 0.6) is 0 Å². The van der Waals surface area contributed by atoms with Gasteiger partial charge in [0.25, 0.3) is 5.91 Å². The Morgan fingerprint density at radius 2 is 1.90 bits per heavy atom. The lowest BCUT2D eigenvalue weighted by molar-refractivity contribution is -0.174. The fourth-order valence-corrected chi connectivity index (χ4v) is 4.04. The number of amides is 1. The maximum atomic E-state index is 13.0. The van der Waals surface area contributed by atoms with Gasteiger partial charge in [0, 0.05) is 23.7 Å². The largest absolute Gasteiger partial charge is 0.427 e. The van der Waals surface area contributed by atoms with E-state index in [1.807, 2.05) is 12.0 Å². The van der Waals surface area contributed by atoms with Gasteiger partial charge in [-0.2, -0.15) is 5.06 Å². The number of carbonyl (C=O) groups excluding carboxylic acids is 2. The summed E-state index contributed by atoms with van der Waals surface area (Å²) in [5.74, 6) is -0.378. The van der Waals surface area contributed by atoms with Crippen LogP contribution in [-0.4, -0.2) is 42.2 Å². The van der Waals surface area contributed by atoms with Crippen LogP contribution in [0.3, 0.4) is 0 Å². The Morgan fingerprint density at radius 1 is 1.24 bits per heavy atom. The van der Waals surface area contributed by atoms with E-state index in [0.717, 1.165) is 0 Å². The van der Waals surface area contributed by atoms with Gasteiger partial charge in [0.15, 0.2) is 0 Å². The molecule has 29 heavy (non-hydrogen) atoms. The lowest BCUT2D eigenvalue weighted by atomic mass is 9.85. The Kier molecular flexibility index (Phi) is 6.30. The molecule has 0 aliphatic carbocycles. The zero-order chi connectivity index (χ0) is 21.4. The average molecular weight is 441 g/mol. The summed E-state index contributed by atoms with van der Waals surface area (Å²) in [5.41, 5.74) is -0.714. The molecule has 3 rings (SSSR count). The molecule has 1 N–H and O–H groups in total. The van der Waals surface area contributed by atoms with Crippen LogP contribution in [0.2, 0.25) is 10.0 Å². The van der Waals surface area contributed by atoms with Crippen molar-refractivity contribution in [1.82, 2.24) is 10.4 Å². The second-order valence-corrected chi connectivity index (χ2v) is 9.19. The molecule has 2 heterocycles. The van der Waals surface area contributed by atoms with Crippen LogP contribution >= 0.6 is 23.2 Å². The van der Waals surface area contributed by atoms with Crippen LogP contribution in [0.4, 0.5) is 0 Å². The van der Waals surface area contributed by atoms with E-state index in [9.17, 15) is 9.59 Å². The average Bonchev–Trinajstić information content (AvgIpc) is 2.88. The van der Waals surface area contributed by atoms with E-state index in [1.54, 1.807) is 39.0 Å². The van der Waals surface area contributed by atoms with E-state index in [0.29, 0.717) is 53.9 Å². The van der Waals surface area contributed by atoms with Crippen molar-refractivity contribution in [3.05, 3.63) is 39.6 Å². The van der Waals surface area contributed by atoms with Gasteiger partial charge < -0.3 is 10.1 Å². The van der Waals surface area contributed by atoms with Gasteiger partial charge in [-0.05, 0) is 52.7 Å². The van der Waals surface area contributed by atoms with E-state index in [4.69, 9.17) is 32.8 Å². The van der Waals surface area contributed by atoms with Gasteiger partial charge in [-0.25, -0.2) is 0 Å². The molecule has 1 saturated heterocycles. The number of nitrogens with zero attached hydrogens (tertiary/aromatic N) is 1. The van der Waals surface area contributed by atoms with Crippen LogP contribution in [-0.2, 0) is 19.2 Å². The normalized spacial score (nSPS) is 19.6. The molecule has 2 aliphatic rings. The molecular weight excluding hydrogens is 415 g/mol. The highest BCUT2D eigenvalue weighted by Crippen LogP contribution is 2.43. The molecule has 1 spiro atoms. The second kappa shape index (κ2) is 8.26. The molecule has 0 bridgehead atoms. The number of hydrogen-bond donors (Lipinski definition) is 1. The van der Waals surface area contributed by atoms with E-state index in [1.165, 1.54) is 0 Å². The van der Waals surface area contributed by atoms with Crippen molar-refractivity contribution in [2.24, 2.45) is 5.41 Å². The third-order valence-corrected chi connectivity index (χ3v) is 5.68. The Bertz CT molecular complexity index is 853. The summed E-state index contributed by atoms with van der Waals surface area (Å²) >= 11 is 12.4. The van der Waals surface area contributed by atoms with Gasteiger partial charge in [-0.1, -0.05) is 29.3 Å². The Balaban J connectivity index is 2.07. The molecule has 0 unspecified atom stereocenters. The summed E-state index contributed by atoms with van der Waals surface area (Å²) in [4.78, 5) is 31.4. The first-order valence-electron chi connectivity index (χ1n) is 9.70. The Labute approximate surface area is 181 Å². The predicted octanol–water partition coefficient (Wildman–Crippen LogP) is 4.21. The third kappa shape index (κ3) is 4.45. The summed E-state index contributed by atoms with van der Waals surface area (Å²) in [6, 6.07) is 4.92. The van der Waals surface area contributed by atoms with Crippen molar-refractivity contribution in [1.29, 1.82) is 0 Å². The molecule has 6 nitrogen and oxygen atoms in total. The number of hydrogen-bond acceptors (Lipinski definition) is 5. The predicted molar refractivity (Wildman–Crippen MR) is 112 cm³/mol. The lowest BCUT2D eigenvalue weighted by Crippen LogP contribution is -2.53. The minimum absolute atomic E-state index is 0.286. The first-order chi connectivity index (χ1) is 13.6. The fraction of sp³-hybridized carbons (Fsp3) is 0.524. The number of hydroxylamine groups is 2. The summed E-state index contributed by atoms with van der Waals surface area (Å²) in [7, 11) is 0. The zero-order valence-electron chi connectivity index (χ0n) is 17.1. The molecule has 1 fully saturated rings. The van der Waals surface area contributed by atoms with Crippen molar-refractivity contribution in [2.75, 3.05) is 19.7 Å². The highest BCUT2D eigenvalue weighted by atomic mass is 35.5. The first-order valence-corrected chi connectivity index (χ1v) is 10.5. The lowest BCUT2D eigenvalue weighted by Gasteiger charge is -2.39. The second-order valence-electron chi connectivity index (χ2n) is 8.35. The number of carbonyl (C=O) groups is 2. The monoisotopic (exact) mass is 440 g/mol. The Hall–Kier alpha value is -1.60. The van der Waals surface area contributed by atoms with E-state index < -0.39 is 16.9 Å². The summed E-state index contributed by atoms with van der Waals surface area (Å²) in [5, 5.41) is 5.73. The number of esters is 1. The van der Waals surface area contributed by atoms with E-state index in [2.05, 4.69) is 5.32 Å². The van der Waals surface area contributed by atoms with Crippen LogP contribution in [0.25, 0.3) is 5.57 Å². The van der Waals surface area contributed by atoms with Crippen LogP contribution in [0.1, 0.15) is 46.1 Å². The van der Waals surface area contributed by atoms with Gasteiger partial charge >= 0.3 is 5.97 Å². The molecule has 158 valence electrons. The number of halogens is 2. The van der Waals surface area contributed by atoms with Crippen LogP contribution in [0, 0.1) is 5.41 Å². The number of nitrogens with one attached hydrogen (secondary N) is 1. The Morgan fingerprint density at radius 3 is 2.45 bits per heavy atom. The fourth-order valence-electron chi connectivity index (χ4n) is 3.54. The van der Waals surface area contributed by atoms with Gasteiger partial charge in [0.2, 0.25) is 0 Å². The summed E-state index contributed by atoms with van der Waals surface area (Å²) < 4.78 is 5.89. The quantitative estimate of drug-likeness (QED) is 0.710. The molecule has 1 aromatic carbocycles. The van der Waals surface area contributed by atoms with Crippen molar-refractivity contribution >= 4 is 40.7 Å². The van der Waals surface area contributed by atoms with Gasteiger partial charge in [-0.3, -0.25) is 14.4 Å². The van der Waals surface area contributed by atoms with E-state index >= 15 is 0 Å². The molecule has 0 radical (unpaired) electrons. The highest BCUT2D eigenvalue weighted by molar-refractivity contribution is 6.38. The summed E-state index contributed by atoms with van der Waals surface area (Å²) in [6.45, 7) is 9.04. The highest BCUT2D eigenvalue weighted by Gasteiger charge is 2.50. The minimum atomic E-state index is -0.774. The number of benzene rings is 1. The maximum absolute atomic E-state index is 13.0. The molecule has 1 aromatic rings. The van der Waals surface area contributed by atoms with Crippen molar-refractivity contribution in [3.63, 3.8) is 0 Å². The first kappa shape index (κ1) is 22.1. The smallest absolute Gasteiger partial charge is 0.316 e. The van der Waals surface area contributed by atoms with Gasteiger partial charge in [0.1, 0.15) is 11.3 Å². The molecule has 0 atom stereocenters. The van der Waals surface area contributed by atoms with Gasteiger partial charge in [-0.15, -0.1) is 0 Å². The molecule has 0 aromatic heterocycles. The van der Waals surface area contributed by atoms with Crippen molar-refractivity contribution in [3.8, 4) is 0 Å². The zero-order valence-corrected chi connectivity index (χ0v) is 18.6. The van der Waals surface area contributed by atoms with E-state index in [-0.39, 0.29) is 11.5 Å². The third-order valence-electron chi connectivity index (χ3n) is 5.14. The molecule has 2 aliphatic heterocycles. The SMILES string of the molecule is CCON1CCC2(CC1)NC(=O)C(c1ccc(Cl)cc1Cl)=C2OC(=O)C(C)(C)C. The number of piperidine rings is 1. The standard InChI is InChI=1S/C21H26Cl2N2O4/c1-5-28-25-10-8-21(9-11-25)17(29-19(27)20(2,3)4)16(18(26)24-21)14-7-6-13(22)12-15(14)23/h6-7,12H,5,8-11H2,1-4H3,(H,24,26). The number of ether oxygens (including phenoxy) is 1. The number of rotatable bonds is 4. The molecule has 0 saturated carbocycles. The van der Waals surface area contributed by atoms with Crippen molar-refractivity contribution in [2.45, 2.75) is 46.1 Å². The topological polar surface area (TPSA) is 67.9 Å². The maximum Gasteiger partial charge on any atom is 0.316 e. The van der Waals surface area contributed by atoms with Gasteiger partial charge in [0.05, 0.1) is 22.6 Å².